The van der Waals surface area contributed by atoms with Crippen LogP contribution in [0, 0.1) is 0 Å². The van der Waals surface area contributed by atoms with E-state index < -0.39 is 0 Å². The first-order valence-electron chi connectivity index (χ1n) is 9.21. The van der Waals surface area contributed by atoms with Gasteiger partial charge in [0.05, 0.1) is 17.7 Å². The first-order valence-corrected chi connectivity index (χ1v) is 9.21. The van der Waals surface area contributed by atoms with Gasteiger partial charge >= 0.3 is 0 Å². The van der Waals surface area contributed by atoms with Crippen molar-refractivity contribution in [3.8, 4) is 0 Å². The molecule has 0 bridgehead atoms. The second-order valence-corrected chi connectivity index (χ2v) is 6.50. The normalized spacial score (nSPS) is 13.8. The Morgan fingerprint density at radius 3 is 2.36 bits per heavy atom. The van der Waals surface area contributed by atoms with Gasteiger partial charge in [0.1, 0.15) is 0 Å². The number of nitrogens with two attached hydrogens (primary N) is 1. The van der Waals surface area contributed by atoms with Crippen LogP contribution in [0.5, 0.6) is 0 Å². The molecule has 0 radical (unpaired) electrons. The molecule has 28 heavy (non-hydrogen) atoms. The van der Waals surface area contributed by atoms with Crippen LogP contribution in [0.1, 0.15) is 39.1 Å². The van der Waals surface area contributed by atoms with E-state index in [1.807, 2.05) is 24.3 Å². The summed E-state index contributed by atoms with van der Waals surface area (Å²) in [7, 11) is 1.64. The molecule has 0 spiro atoms. The summed E-state index contributed by atoms with van der Waals surface area (Å²) in [6.07, 6.45) is 1.39. The first-order chi connectivity index (χ1) is 13.6. The van der Waals surface area contributed by atoms with Gasteiger partial charge in [0.15, 0.2) is 5.96 Å². The number of anilines is 1. The van der Waals surface area contributed by atoms with Gasteiger partial charge in [-0.3, -0.25) is 19.5 Å². The molecule has 3 N–H and O–H groups in total. The summed E-state index contributed by atoms with van der Waals surface area (Å²) in [5, 5.41) is 3.08. The number of aliphatic imine (C=N–C) groups is 1. The number of imide groups is 1. The molecule has 0 aromatic heterocycles. The lowest BCUT2D eigenvalue weighted by atomic mass is 10.1. The number of hydrogen-bond acceptors (Lipinski definition) is 4. The summed E-state index contributed by atoms with van der Waals surface area (Å²) in [5.74, 6) is -0.121. The van der Waals surface area contributed by atoms with Gasteiger partial charge in [0, 0.05) is 31.5 Å². The van der Waals surface area contributed by atoms with Crippen LogP contribution in [-0.2, 0) is 11.3 Å². The Bertz CT molecular complexity index is 860. The molecule has 7 nitrogen and oxygen atoms in total. The molecule has 3 rings (SSSR count). The molecule has 2 aromatic carbocycles. The van der Waals surface area contributed by atoms with Crippen molar-refractivity contribution in [2.45, 2.75) is 19.4 Å². The Morgan fingerprint density at radius 2 is 1.68 bits per heavy atom. The van der Waals surface area contributed by atoms with Crippen LogP contribution >= 0.6 is 0 Å². The Labute approximate surface area is 164 Å². The third-order valence-corrected chi connectivity index (χ3v) is 4.53. The van der Waals surface area contributed by atoms with Crippen molar-refractivity contribution in [2.75, 3.05) is 25.5 Å². The second-order valence-electron chi connectivity index (χ2n) is 6.50. The van der Waals surface area contributed by atoms with Crippen LogP contribution < -0.4 is 11.1 Å². The molecule has 1 aliphatic heterocycles. The van der Waals surface area contributed by atoms with Crippen LogP contribution in [0.4, 0.5) is 5.69 Å². The Hall–Kier alpha value is -3.19. The number of hydrogen-bond donors (Lipinski definition) is 2. The third kappa shape index (κ3) is 4.37. The van der Waals surface area contributed by atoms with Gasteiger partial charge in [-0.05, 0) is 31.0 Å². The number of nitrogens with zero attached hydrogens (tertiary/aromatic N) is 2. The molecule has 7 heteroatoms. The highest BCUT2D eigenvalue weighted by atomic mass is 16.5. The topological polar surface area (TPSA) is 97.0 Å². The van der Waals surface area contributed by atoms with Crippen molar-refractivity contribution in [2.24, 2.45) is 10.7 Å². The van der Waals surface area contributed by atoms with E-state index in [0.717, 1.165) is 17.7 Å². The maximum absolute atomic E-state index is 12.3. The van der Waals surface area contributed by atoms with E-state index in [4.69, 9.17) is 10.5 Å². The first kappa shape index (κ1) is 19.6. The van der Waals surface area contributed by atoms with Gasteiger partial charge in [-0.1, -0.05) is 30.3 Å². The van der Waals surface area contributed by atoms with Crippen molar-refractivity contribution in [3.63, 3.8) is 0 Å². The van der Waals surface area contributed by atoms with Gasteiger partial charge in [-0.15, -0.1) is 0 Å². The summed E-state index contributed by atoms with van der Waals surface area (Å²) in [4.78, 5) is 30.2. The van der Waals surface area contributed by atoms with Gasteiger partial charge in [-0.2, -0.15) is 0 Å². The van der Waals surface area contributed by atoms with Gasteiger partial charge in [0.2, 0.25) is 0 Å². The molecule has 0 aliphatic carbocycles. The Kier molecular flexibility index (Phi) is 6.39. The number of carbonyl (C=O) groups excluding carboxylic acids is 2. The van der Waals surface area contributed by atoms with Gasteiger partial charge < -0.3 is 15.8 Å². The lowest BCUT2D eigenvalue weighted by molar-refractivity contribution is 0.0652. The fourth-order valence-electron chi connectivity index (χ4n) is 3.12. The van der Waals surface area contributed by atoms with Crippen molar-refractivity contribution >= 4 is 23.5 Å². The van der Waals surface area contributed by atoms with Crippen LogP contribution in [0.25, 0.3) is 0 Å². The van der Waals surface area contributed by atoms with Crippen LogP contribution in [0.2, 0.25) is 0 Å². The molecule has 2 amide bonds. The van der Waals surface area contributed by atoms with E-state index in [2.05, 4.69) is 10.3 Å². The molecule has 1 heterocycles. The molecule has 0 unspecified atom stereocenters. The fraction of sp³-hybridized carbons (Fsp3) is 0.286. The fourth-order valence-corrected chi connectivity index (χ4v) is 3.12. The number of methoxy groups -OCH3 is 1. The highest BCUT2D eigenvalue weighted by Gasteiger charge is 2.34. The van der Waals surface area contributed by atoms with Crippen LogP contribution in [0.3, 0.4) is 0 Å². The number of para-hydroxylation sites is 1. The lowest BCUT2D eigenvalue weighted by Gasteiger charge is -2.13. The molecule has 2 aromatic rings. The SMILES string of the molecule is COCc1ccccc1NC(N)=NCCCCN1C(=O)c2ccccc2C1=O. The average molecular weight is 380 g/mol. The molecule has 0 atom stereocenters. The van der Waals surface area contributed by atoms with Gasteiger partial charge in [0.25, 0.3) is 11.8 Å². The number of nitrogens with one attached hydrogen (secondary N) is 1. The zero-order chi connectivity index (χ0) is 19.9. The largest absolute Gasteiger partial charge is 0.380 e. The second kappa shape index (κ2) is 9.14. The highest BCUT2D eigenvalue weighted by Crippen LogP contribution is 2.22. The highest BCUT2D eigenvalue weighted by molar-refractivity contribution is 6.21. The van der Waals surface area contributed by atoms with Crippen molar-refractivity contribution in [1.82, 2.24) is 4.90 Å². The quantitative estimate of drug-likeness (QED) is 0.318. The number of unbranched alkanes of at least 4 members (excludes halogenated alkanes) is 1. The molecular formula is C21H24N4O3. The Morgan fingerprint density at radius 1 is 1.04 bits per heavy atom. The summed E-state index contributed by atoms with van der Waals surface area (Å²) in [6.45, 7) is 1.37. The zero-order valence-electron chi connectivity index (χ0n) is 15.9. The Balaban J connectivity index is 1.46. The number of benzene rings is 2. The monoisotopic (exact) mass is 380 g/mol. The number of fused-ring (bicyclic) bond motifs is 1. The molecule has 146 valence electrons. The number of rotatable bonds is 8. The zero-order valence-corrected chi connectivity index (χ0v) is 15.9. The van der Waals surface area contributed by atoms with Gasteiger partial charge in [-0.25, -0.2) is 0 Å². The van der Waals surface area contributed by atoms with Crippen molar-refractivity contribution < 1.29 is 14.3 Å². The van der Waals surface area contributed by atoms with Crippen LogP contribution in [-0.4, -0.2) is 42.9 Å². The maximum Gasteiger partial charge on any atom is 0.261 e. The molecule has 0 saturated carbocycles. The number of amides is 2. The standard InChI is InChI=1S/C21H24N4O3/c1-28-14-15-8-2-5-11-18(15)24-21(22)23-12-6-7-13-25-19(26)16-9-3-4-10-17(16)20(25)27/h2-5,8-11H,6-7,12-14H2,1H3,(H3,22,23,24). The van der Waals surface area contributed by atoms with Crippen molar-refractivity contribution in [3.05, 3.63) is 65.2 Å². The lowest BCUT2D eigenvalue weighted by Crippen LogP contribution is -2.30. The number of carbonyl (C=O) groups is 2. The van der Waals surface area contributed by atoms with E-state index >= 15 is 0 Å². The predicted octanol–water partition coefficient (Wildman–Crippen LogP) is 2.64. The van der Waals surface area contributed by atoms with E-state index in [-0.39, 0.29) is 11.8 Å². The van der Waals surface area contributed by atoms with Crippen LogP contribution in [0.15, 0.2) is 53.5 Å². The van der Waals surface area contributed by atoms with E-state index in [0.29, 0.717) is 43.2 Å². The maximum atomic E-state index is 12.3. The van der Waals surface area contributed by atoms with Crippen molar-refractivity contribution in [1.29, 1.82) is 0 Å². The summed E-state index contributed by atoms with van der Waals surface area (Å²) < 4.78 is 5.17. The predicted molar refractivity (Wildman–Crippen MR) is 108 cm³/mol. The molecular weight excluding hydrogens is 356 g/mol. The van der Waals surface area contributed by atoms with E-state index in [9.17, 15) is 9.59 Å². The number of ether oxygens (including phenoxy) is 1. The minimum absolute atomic E-state index is 0.222. The average Bonchev–Trinajstić information content (AvgIpc) is 2.94. The summed E-state index contributed by atoms with van der Waals surface area (Å²) in [6, 6.07) is 14.6. The van der Waals surface area contributed by atoms with E-state index in [1.165, 1.54) is 4.90 Å². The smallest absolute Gasteiger partial charge is 0.261 e. The minimum Gasteiger partial charge on any atom is -0.380 e. The van der Waals surface area contributed by atoms with E-state index in [1.54, 1.807) is 31.4 Å². The summed E-state index contributed by atoms with van der Waals surface area (Å²) >= 11 is 0. The molecule has 1 aliphatic rings. The third-order valence-electron chi connectivity index (χ3n) is 4.53. The summed E-state index contributed by atoms with van der Waals surface area (Å²) in [5.41, 5.74) is 8.77. The number of guanidine groups is 1. The minimum atomic E-state index is -0.222. The molecule has 0 fully saturated rings. The molecule has 0 saturated heterocycles.